The fourth-order valence-corrected chi connectivity index (χ4v) is 6.98. The van der Waals surface area contributed by atoms with Crippen molar-refractivity contribution >= 4 is 5.91 Å². The molecule has 218 valence electrons. The van der Waals surface area contributed by atoms with Gasteiger partial charge in [0.1, 0.15) is 5.60 Å². The van der Waals surface area contributed by atoms with Gasteiger partial charge in [-0.15, -0.1) is 0 Å². The molecule has 4 heterocycles. The molecule has 4 aromatic rings. The van der Waals surface area contributed by atoms with E-state index in [1.54, 1.807) is 6.20 Å². The van der Waals surface area contributed by atoms with E-state index in [1.807, 2.05) is 47.5 Å². The minimum Gasteiger partial charge on any atom is -0.380 e. The van der Waals surface area contributed by atoms with Crippen LogP contribution in [0.3, 0.4) is 0 Å². The van der Waals surface area contributed by atoms with Gasteiger partial charge in [0.2, 0.25) is 0 Å². The largest absolute Gasteiger partial charge is 0.380 e. The Bertz CT molecular complexity index is 1530. The van der Waals surface area contributed by atoms with Crippen molar-refractivity contribution in [2.75, 3.05) is 33.2 Å². The number of aliphatic hydroxyl groups is 1. The van der Waals surface area contributed by atoms with Crippen molar-refractivity contribution in [3.63, 3.8) is 0 Å². The molecule has 6 rings (SSSR count). The average molecular weight is 564 g/mol. The summed E-state index contributed by atoms with van der Waals surface area (Å²) in [6.45, 7) is 9.55. The molecule has 42 heavy (non-hydrogen) atoms. The molecule has 2 fully saturated rings. The van der Waals surface area contributed by atoms with E-state index in [9.17, 15) is 9.90 Å². The zero-order valence-electron chi connectivity index (χ0n) is 25.0. The normalized spacial score (nSPS) is 19.0. The van der Waals surface area contributed by atoms with Crippen LogP contribution >= 0.6 is 0 Å². The molecule has 0 radical (unpaired) electrons. The van der Waals surface area contributed by atoms with Crippen LogP contribution in [0, 0.1) is 5.41 Å². The number of piperidine rings is 1. The van der Waals surface area contributed by atoms with Gasteiger partial charge in [0.25, 0.3) is 5.91 Å². The Hall–Kier alpha value is -3.81. The van der Waals surface area contributed by atoms with E-state index in [4.69, 9.17) is 0 Å². The van der Waals surface area contributed by atoms with Crippen molar-refractivity contribution in [2.24, 2.45) is 5.41 Å². The molecular weight excluding hydrogens is 522 g/mol. The zero-order chi connectivity index (χ0) is 29.5. The predicted molar refractivity (Wildman–Crippen MR) is 165 cm³/mol. The van der Waals surface area contributed by atoms with Crippen LogP contribution in [0.15, 0.2) is 79.1 Å². The van der Waals surface area contributed by atoms with Crippen molar-refractivity contribution in [2.45, 2.75) is 51.0 Å². The molecule has 0 saturated carbocycles. The molecule has 2 saturated heterocycles. The van der Waals surface area contributed by atoms with Crippen molar-refractivity contribution in [1.82, 2.24) is 25.0 Å². The Balaban J connectivity index is 1.23. The lowest BCUT2D eigenvalue weighted by molar-refractivity contribution is -0.127. The molecule has 2 aliphatic heterocycles. The number of aromatic amines is 1. The van der Waals surface area contributed by atoms with E-state index < -0.39 is 5.60 Å². The monoisotopic (exact) mass is 563 g/mol. The summed E-state index contributed by atoms with van der Waals surface area (Å²) in [7, 11) is 2.09. The molecule has 2 aromatic carbocycles. The van der Waals surface area contributed by atoms with E-state index >= 15 is 0 Å². The van der Waals surface area contributed by atoms with Crippen molar-refractivity contribution in [3.05, 3.63) is 107 Å². The summed E-state index contributed by atoms with van der Waals surface area (Å²) in [5.41, 5.74) is 4.88. The van der Waals surface area contributed by atoms with Crippen LogP contribution in [0.4, 0.5) is 0 Å². The number of pyridine rings is 1. The predicted octanol–water partition coefficient (Wildman–Crippen LogP) is 5.80. The molecule has 0 aliphatic carbocycles. The fourth-order valence-electron chi connectivity index (χ4n) is 6.98. The van der Waals surface area contributed by atoms with Gasteiger partial charge in [-0.2, -0.15) is 5.10 Å². The first-order chi connectivity index (χ1) is 20.2. The molecule has 2 aromatic heterocycles. The number of likely N-dealkylation sites (tertiary alicyclic amines) is 2. The van der Waals surface area contributed by atoms with Gasteiger partial charge < -0.3 is 14.9 Å². The van der Waals surface area contributed by atoms with E-state index in [0.29, 0.717) is 11.8 Å². The Labute approximate surface area is 248 Å². The molecule has 0 spiro atoms. The highest BCUT2D eigenvalue weighted by Gasteiger charge is 2.55. The van der Waals surface area contributed by atoms with Gasteiger partial charge in [0.15, 0.2) is 0 Å². The third-order valence-corrected chi connectivity index (χ3v) is 9.40. The van der Waals surface area contributed by atoms with Gasteiger partial charge >= 0.3 is 0 Å². The summed E-state index contributed by atoms with van der Waals surface area (Å²) in [4.78, 5) is 21.7. The van der Waals surface area contributed by atoms with Crippen LogP contribution in [0.5, 0.6) is 0 Å². The van der Waals surface area contributed by atoms with Crippen LogP contribution in [-0.4, -0.2) is 69.2 Å². The van der Waals surface area contributed by atoms with Gasteiger partial charge in [0.05, 0.1) is 5.69 Å². The van der Waals surface area contributed by atoms with Crippen LogP contribution < -0.4 is 0 Å². The molecule has 0 bridgehead atoms. The van der Waals surface area contributed by atoms with Gasteiger partial charge in [-0.05, 0) is 61.2 Å². The maximum absolute atomic E-state index is 12.9. The highest BCUT2D eigenvalue weighted by Crippen LogP contribution is 2.50. The summed E-state index contributed by atoms with van der Waals surface area (Å²) in [5.74, 6) is 0.830. The minimum absolute atomic E-state index is 0.0972. The number of carbonyl (C=O) groups is 1. The zero-order valence-corrected chi connectivity index (χ0v) is 25.0. The van der Waals surface area contributed by atoms with Crippen molar-refractivity contribution in [1.29, 1.82) is 0 Å². The molecular formula is C35H41N5O2. The Morgan fingerprint density at radius 2 is 1.69 bits per heavy atom. The standard InChI is InChI=1S/C35H41N5O2/c1-24(2)25-10-12-29(13-11-25)35(42,34(3)22-39(4)23-34)30-18-28(20-36-21-30)32-19-31(37-38-32)26-14-16-40(17-15-26)33(41)27-8-6-5-7-9-27/h5-13,18-21,24,26,42H,14-17,22-23H2,1-4H3,(H,37,38)/t35-/m0/s1. The van der Waals surface area contributed by atoms with E-state index in [2.05, 4.69) is 78.2 Å². The Kier molecular flexibility index (Phi) is 7.50. The van der Waals surface area contributed by atoms with Gasteiger partial charge in [0, 0.05) is 72.3 Å². The Morgan fingerprint density at radius 1 is 1.00 bits per heavy atom. The third kappa shape index (κ3) is 5.05. The number of benzene rings is 2. The quantitative estimate of drug-likeness (QED) is 0.297. The van der Waals surface area contributed by atoms with Gasteiger partial charge in [-0.25, -0.2) is 0 Å². The first-order valence-corrected chi connectivity index (χ1v) is 15.0. The molecule has 2 N–H and O–H groups in total. The molecule has 1 amide bonds. The first kappa shape index (κ1) is 28.3. The first-order valence-electron chi connectivity index (χ1n) is 15.0. The molecule has 0 unspecified atom stereocenters. The van der Waals surface area contributed by atoms with Crippen LogP contribution in [0.2, 0.25) is 0 Å². The summed E-state index contributed by atoms with van der Waals surface area (Å²) in [6, 6.07) is 22.1. The number of amides is 1. The summed E-state index contributed by atoms with van der Waals surface area (Å²) in [6.07, 6.45) is 5.39. The Morgan fingerprint density at radius 3 is 2.33 bits per heavy atom. The number of hydrogen-bond acceptors (Lipinski definition) is 5. The van der Waals surface area contributed by atoms with Crippen LogP contribution in [0.1, 0.15) is 78.2 Å². The van der Waals surface area contributed by atoms with Gasteiger partial charge in [-0.1, -0.05) is 63.2 Å². The maximum atomic E-state index is 12.9. The fraction of sp³-hybridized carbons (Fsp3) is 0.400. The molecule has 1 atom stereocenters. The second-order valence-electron chi connectivity index (χ2n) is 12.8. The topological polar surface area (TPSA) is 85.3 Å². The lowest BCUT2D eigenvalue weighted by atomic mass is 9.62. The number of hydrogen-bond donors (Lipinski definition) is 2. The van der Waals surface area contributed by atoms with Crippen molar-refractivity contribution in [3.8, 4) is 11.3 Å². The smallest absolute Gasteiger partial charge is 0.253 e. The van der Waals surface area contributed by atoms with E-state index in [0.717, 1.165) is 72.7 Å². The number of carbonyl (C=O) groups excluding carboxylic acids is 1. The summed E-state index contributed by atoms with van der Waals surface area (Å²) < 4.78 is 0. The van der Waals surface area contributed by atoms with Crippen molar-refractivity contribution < 1.29 is 9.90 Å². The lowest BCUT2D eigenvalue weighted by Gasteiger charge is -2.55. The SMILES string of the molecule is CC(C)c1ccc([C@](O)(c2cncc(-c3cc(C4CCN(C(=O)c5ccccc5)CC4)[nH]n3)c2)C2(C)CN(C)C2)cc1. The number of rotatable bonds is 7. The lowest BCUT2D eigenvalue weighted by Crippen LogP contribution is -2.63. The maximum Gasteiger partial charge on any atom is 0.253 e. The molecule has 7 nitrogen and oxygen atoms in total. The average Bonchev–Trinajstić information content (AvgIpc) is 3.51. The third-order valence-electron chi connectivity index (χ3n) is 9.40. The number of nitrogens with zero attached hydrogens (tertiary/aromatic N) is 4. The van der Waals surface area contributed by atoms with Crippen LogP contribution in [-0.2, 0) is 5.60 Å². The second kappa shape index (κ2) is 11.1. The highest BCUT2D eigenvalue weighted by molar-refractivity contribution is 5.94. The highest BCUT2D eigenvalue weighted by atomic mass is 16.3. The van der Waals surface area contributed by atoms with Gasteiger partial charge in [-0.3, -0.25) is 14.9 Å². The molecule has 2 aliphatic rings. The second-order valence-corrected chi connectivity index (χ2v) is 12.8. The number of H-pyrrole nitrogens is 1. The number of nitrogens with one attached hydrogen (secondary N) is 1. The number of aromatic nitrogens is 3. The molecule has 7 heteroatoms. The summed E-state index contributed by atoms with van der Waals surface area (Å²) >= 11 is 0. The minimum atomic E-state index is -1.20. The van der Waals surface area contributed by atoms with E-state index in [-0.39, 0.29) is 11.3 Å². The van der Waals surface area contributed by atoms with Crippen LogP contribution in [0.25, 0.3) is 11.3 Å². The van der Waals surface area contributed by atoms with E-state index in [1.165, 1.54) is 5.56 Å². The summed E-state index contributed by atoms with van der Waals surface area (Å²) in [5, 5.41) is 20.5.